The highest BCUT2D eigenvalue weighted by atomic mass is 35.5. The van der Waals surface area contributed by atoms with Crippen LogP contribution in [0, 0.1) is 0 Å². The summed E-state index contributed by atoms with van der Waals surface area (Å²) in [4.78, 5) is 23.1. The van der Waals surface area contributed by atoms with Crippen LogP contribution in [0.25, 0.3) is 10.9 Å². The second-order valence-corrected chi connectivity index (χ2v) is 4.75. The average Bonchev–Trinajstić information content (AvgIpc) is 2.75. The smallest absolute Gasteiger partial charge is 0.330 e. The molecule has 110 valence electrons. The van der Waals surface area contributed by atoms with Gasteiger partial charge in [0.2, 0.25) is 0 Å². The lowest BCUT2D eigenvalue weighted by Gasteiger charge is -2.05. The highest BCUT2D eigenvalue weighted by Gasteiger charge is 2.18. The second kappa shape index (κ2) is 6.45. The van der Waals surface area contributed by atoms with Gasteiger partial charge in [-0.25, -0.2) is 4.79 Å². The predicted molar refractivity (Wildman–Crippen MR) is 81.4 cm³/mol. The molecule has 6 heteroatoms. The summed E-state index contributed by atoms with van der Waals surface area (Å²) in [7, 11) is 3.08. The number of esters is 1. The molecule has 1 heterocycles. The van der Waals surface area contributed by atoms with Gasteiger partial charge in [0.25, 0.3) is 5.91 Å². The van der Waals surface area contributed by atoms with Crippen molar-refractivity contribution in [1.29, 1.82) is 0 Å². The number of fused-ring (bicyclic) bond motifs is 1. The van der Waals surface area contributed by atoms with Crippen molar-refractivity contribution >= 4 is 34.4 Å². The van der Waals surface area contributed by atoms with Crippen molar-refractivity contribution in [1.82, 2.24) is 9.88 Å². The third kappa shape index (κ3) is 3.08. The molecule has 0 radical (unpaired) electrons. The van der Waals surface area contributed by atoms with Crippen molar-refractivity contribution in [2.45, 2.75) is 0 Å². The van der Waals surface area contributed by atoms with Crippen molar-refractivity contribution < 1.29 is 14.3 Å². The third-order valence-electron chi connectivity index (χ3n) is 3.10. The number of amides is 1. The Balaban J connectivity index is 2.17. The van der Waals surface area contributed by atoms with Crippen molar-refractivity contribution in [3.63, 3.8) is 0 Å². The van der Waals surface area contributed by atoms with Crippen molar-refractivity contribution in [3.8, 4) is 0 Å². The number of para-hydroxylation sites is 1. The number of carbonyl (C=O) groups excluding carboxylic acids is 2. The quantitative estimate of drug-likeness (QED) is 0.696. The van der Waals surface area contributed by atoms with Gasteiger partial charge in [0.1, 0.15) is 5.69 Å². The van der Waals surface area contributed by atoms with E-state index in [4.69, 9.17) is 11.6 Å². The summed E-state index contributed by atoms with van der Waals surface area (Å²) in [5.41, 5.74) is 1.28. The van der Waals surface area contributed by atoms with Gasteiger partial charge in [-0.05, 0) is 6.07 Å². The van der Waals surface area contributed by atoms with Crippen LogP contribution in [0.5, 0.6) is 0 Å². The molecule has 5 nitrogen and oxygen atoms in total. The lowest BCUT2D eigenvalue weighted by Crippen LogP contribution is -2.25. The van der Waals surface area contributed by atoms with Crippen LogP contribution in [0.15, 0.2) is 36.4 Å². The Morgan fingerprint density at radius 1 is 1.38 bits per heavy atom. The van der Waals surface area contributed by atoms with Gasteiger partial charge in [0, 0.05) is 30.6 Å². The number of nitrogens with zero attached hydrogens (tertiary/aromatic N) is 1. The Morgan fingerprint density at radius 2 is 2.10 bits per heavy atom. The summed E-state index contributed by atoms with van der Waals surface area (Å²) < 4.78 is 6.20. The average molecular weight is 307 g/mol. The van der Waals surface area contributed by atoms with Crippen LogP contribution in [0.2, 0.25) is 5.02 Å². The van der Waals surface area contributed by atoms with Crippen molar-refractivity contribution in [2.75, 3.05) is 13.7 Å². The molecule has 0 aliphatic heterocycles. The fourth-order valence-electron chi connectivity index (χ4n) is 2.06. The first kappa shape index (κ1) is 15.1. The molecule has 0 aliphatic carbocycles. The van der Waals surface area contributed by atoms with Gasteiger partial charge in [0.15, 0.2) is 0 Å². The number of ether oxygens (including phenoxy) is 1. The summed E-state index contributed by atoms with van der Waals surface area (Å²) in [6.45, 7) is 0.214. The lowest BCUT2D eigenvalue weighted by atomic mass is 10.2. The molecule has 1 amide bonds. The number of benzene rings is 1. The number of nitrogens with one attached hydrogen (secondary N) is 1. The van der Waals surface area contributed by atoms with Crippen LogP contribution < -0.4 is 5.32 Å². The first-order valence-corrected chi connectivity index (χ1v) is 6.69. The molecule has 1 N–H and O–H groups in total. The summed E-state index contributed by atoms with van der Waals surface area (Å²) in [6, 6.07) is 7.52. The lowest BCUT2D eigenvalue weighted by molar-refractivity contribution is -0.134. The molecule has 0 spiro atoms. The summed E-state index contributed by atoms with van der Waals surface area (Å²) >= 11 is 6.27. The summed E-state index contributed by atoms with van der Waals surface area (Å²) in [5.74, 6) is -0.764. The molecule has 0 unspecified atom stereocenters. The van der Waals surface area contributed by atoms with E-state index in [2.05, 4.69) is 10.1 Å². The largest absolute Gasteiger partial charge is 0.466 e. The molecular weight excluding hydrogens is 292 g/mol. The van der Waals surface area contributed by atoms with Crippen LogP contribution in [-0.4, -0.2) is 30.1 Å². The molecular formula is C15H15ClN2O3. The summed E-state index contributed by atoms with van der Waals surface area (Å²) in [5, 5.41) is 3.93. The van der Waals surface area contributed by atoms with Crippen LogP contribution in [0.3, 0.4) is 0 Å². The number of aromatic nitrogens is 1. The van der Waals surface area contributed by atoms with E-state index >= 15 is 0 Å². The van der Waals surface area contributed by atoms with E-state index in [1.165, 1.54) is 19.3 Å². The van der Waals surface area contributed by atoms with E-state index in [0.29, 0.717) is 10.7 Å². The van der Waals surface area contributed by atoms with Gasteiger partial charge in [-0.3, -0.25) is 4.79 Å². The minimum atomic E-state index is -0.466. The van der Waals surface area contributed by atoms with Crippen LogP contribution in [-0.2, 0) is 16.6 Å². The molecule has 2 rings (SSSR count). The Morgan fingerprint density at radius 3 is 2.76 bits per heavy atom. The highest BCUT2D eigenvalue weighted by Crippen LogP contribution is 2.29. The van der Waals surface area contributed by atoms with Gasteiger partial charge < -0.3 is 14.6 Å². The molecule has 0 saturated carbocycles. The fourth-order valence-corrected chi connectivity index (χ4v) is 2.43. The van der Waals surface area contributed by atoms with Crippen LogP contribution >= 0.6 is 11.6 Å². The first-order chi connectivity index (χ1) is 10.1. The topological polar surface area (TPSA) is 60.3 Å². The number of carbonyl (C=O) groups is 2. The Bertz CT molecular complexity index is 680. The molecule has 2 aromatic rings. The Kier molecular flexibility index (Phi) is 4.65. The van der Waals surface area contributed by atoms with E-state index in [1.807, 2.05) is 24.3 Å². The number of methoxy groups -OCH3 is 1. The van der Waals surface area contributed by atoms with Gasteiger partial charge >= 0.3 is 5.97 Å². The molecule has 0 aliphatic rings. The summed E-state index contributed by atoms with van der Waals surface area (Å²) in [6.07, 6.45) is 2.77. The Labute approximate surface area is 127 Å². The first-order valence-electron chi connectivity index (χ1n) is 6.32. The number of hydrogen-bond acceptors (Lipinski definition) is 3. The third-order valence-corrected chi connectivity index (χ3v) is 3.48. The van der Waals surface area contributed by atoms with Crippen LogP contribution in [0.1, 0.15) is 10.5 Å². The maximum atomic E-state index is 12.2. The molecule has 21 heavy (non-hydrogen) atoms. The fraction of sp³-hybridized carbons (Fsp3) is 0.200. The van der Waals surface area contributed by atoms with Gasteiger partial charge in [-0.1, -0.05) is 35.9 Å². The van der Waals surface area contributed by atoms with Crippen molar-refractivity contribution in [3.05, 3.63) is 47.1 Å². The van der Waals surface area contributed by atoms with Gasteiger partial charge in [-0.15, -0.1) is 0 Å². The van der Waals surface area contributed by atoms with Gasteiger partial charge in [-0.2, -0.15) is 0 Å². The standard InChI is InChI=1S/C15H15ClN2O3/c1-18-11-7-4-3-6-10(11)13(16)14(18)15(20)17-9-5-8-12(19)21-2/h3-8H,9H2,1-2H3,(H,17,20)/b8-5+. The molecule has 0 saturated heterocycles. The Hall–Kier alpha value is -2.27. The van der Waals surface area contributed by atoms with E-state index in [-0.39, 0.29) is 12.5 Å². The van der Waals surface area contributed by atoms with E-state index < -0.39 is 5.97 Å². The molecule has 0 fully saturated rings. The van der Waals surface area contributed by atoms with E-state index in [0.717, 1.165) is 10.9 Å². The highest BCUT2D eigenvalue weighted by molar-refractivity contribution is 6.38. The number of halogens is 1. The predicted octanol–water partition coefficient (Wildman–Crippen LogP) is 2.29. The maximum Gasteiger partial charge on any atom is 0.330 e. The second-order valence-electron chi connectivity index (χ2n) is 4.37. The van der Waals surface area contributed by atoms with E-state index in [1.54, 1.807) is 11.6 Å². The van der Waals surface area contributed by atoms with Crippen molar-refractivity contribution in [2.24, 2.45) is 7.05 Å². The minimum absolute atomic E-state index is 0.214. The number of hydrogen-bond donors (Lipinski definition) is 1. The zero-order chi connectivity index (χ0) is 15.4. The molecule has 0 atom stereocenters. The normalized spacial score (nSPS) is 11.0. The van der Waals surface area contributed by atoms with E-state index in [9.17, 15) is 9.59 Å². The minimum Gasteiger partial charge on any atom is -0.466 e. The number of rotatable bonds is 4. The van der Waals surface area contributed by atoms with Gasteiger partial charge in [0.05, 0.1) is 12.1 Å². The molecule has 0 bridgehead atoms. The number of aryl methyl sites for hydroxylation is 1. The maximum absolute atomic E-state index is 12.2. The zero-order valence-corrected chi connectivity index (χ0v) is 12.5. The van der Waals surface area contributed by atoms with Crippen LogP contribution in [0.4, 0.5) is 0 Å². The SMILES string of the molecule is COC(=O)/C=C/CNC(=O)c1c(Cl)c2ccccc2n1C. The molecule has 1 aromatic carbocycles. The monoisotopic (exact) mass is 306 g/mol. The molecule has 1 aromatic heterocycles. The zero-order valence-electron chi connectivity index (χ0n) is 11.7.